The predicted octanol–water partition coefficient (Wildman–Crippen LogP) is 2.87. The van der Waals surface area contributed by atoms with Crippen LogP contribution in [0.5, 0.6) is 5.75 Å². The molecule has 1 heterocycles. The van der Waals surface area contributed by atoms with Crippen LogP contribution in [-0.2, 0) is 6.54 Å². The Labute approximate surface area is 113 Å². The van der Waals surface area contributed by atoms with Crippen LogP contribution in [0.3, 0.4) is 0 Å². The van der Waals surface area contributed by atoms with Crippen molar-refractivity contribution in [1.29, 1.82) is 0 Å². The van der Waals surface area contributed by atoms with E-state index in [4.69, 9.17) is 4.74 Å². The summed E-state index contributed by atoms with van der Waals surface area (Å²) in [6.07, 6.45) is 1.59. The molecule has 0 spiro atoms. The van der Waals surface area contributed by atoms with Crippen molar-refractivity contribution in [3.8, 4) is 5.75 Å². The standard InChI is InChI=1S/C14H20N4O/c1-4-19-13-7-5-6-12(8-13)15-9-14-16-10-17-18(14)11(2)3/h5-8,10-11,15H,4,9H2,1-3H3. The maximum Gasteiger partial charge on any atom is 0.146 e. The fraction of sp³-hybridized carbons (Fsp3) is 0.429. The van der Waals surface area contributed by atoms with Crippen LogP contribution in [0.25, 0.3) is 0 Å². The first-order valence-electron chi connectivity index (χ1n) is 6.55. The molecule has 0 fully saturated rings. The lowest BCUT2D eigenvalue weighted by molar-refractivity contribution is 0.340. The number of nitrogens with one attached hydrogen (secondary N) is 1. The Morgan fingerprint density at radius 2 is 2.21 bits per heavy atom. The van der Waals surface area contributed by atoms with Gasteiger partial charge in [0, 0.05) is 17.8 Å². The molecule has 19 heavy (non-hydrogen) atoms. The first-order valence-corrected chi connectivity index (χ1v) is 6.55. The lowest BCUT2D eigenvalue weighted by Crippen LogP contribution is -2.12. The van der Waals surface area contributed by atoms with Gasteiger partial charge in [-0.2, -0.15) is 5.10 Å². The van der Waals surface area contributed by atoms with E-state index < -0.39 is 0 Å². The van der Waals surface area contributed by atoms with Gasteiger partial charge in [-0.25, -0.2) is 9.67 Å². The Morgan fingerprint density at radius 1 is 1.37 bits per heavy atom. The second-order valence-electron chi connectivity index (χ2n) is 4.53. The highest BCUT2D eigenvalue weighted by Gasteiger charge is 2.07. The maximum atomic E-state index is 5.47. The van der Waals surface area contributed by atoms with E-state index in [0.717, 1.165) is 17.3 Å². The van der Waals surface area contributed by atoms with Crippen molar-refractivity contribution in [2.24, 2.45) is 0 Å². The molecular formula is C14H20N4O. The number of aromatic nitrogens is 3. The van der Waals surface area contributed by atoms with Gasteiger partial charge >= 0.3 is 0 Å². The van der Waals surface area contributed by atoms with Gasteiger partial charge in [-0.1, -0.05) is 6.07 Å². The highest BCUT2D eigenvalue weighted by Crippen LogP contribution is 2.18. The van der Waals surface area contributed by atoms with Crippen LogP contribution in [-0.4, -0.2) is 21.4 Å². The summed E-state index contributed by atoms with van der Waals surface area (Å²) in [4.78, 5) is 4.27. The van der Waals surface area contributed by atoms with Crippen LogP contribution in [0.1, 0.15) is 32.6 Å². The van der Waals surface area contributed by atoms with Crippen molar-refractivity contribution in [3.05, 3.63) is 36.4 Å². The quantitative estimate of drug-likeness (QED) is 0.867. The number of hydrogen-bond donors (Lipinski definition) is 1. The van der Waals surface area contributed by atoms with Gasteiger partial charge in [0.25, 0.3) is 0 Å². The largest absolute Gasteiger partial charge is 0.494 e. The van der Waals surface area contributed by atoms with Gasteiger partial charge in [0.05, 0.1) is 13.2 Å². The van der Waals surface area contributed by atoms with E-state index in [1.807, 2.05) is 35.9 Å². The summed E-state index contributed by atoms with van der Waals surface area (Å²) in [7, 11) is 0. The summed E-state index contributed by atoms with van der Waals surface area (Å²) >= 11 is 0. The van der Waals surface area contributed by atoms with Gasteiger partial charge in [-0.05, 0) is 32.9 Å². The Kier molecular flexibility index (Phi) is 4.39. The second kappa shape index (κ2) is 6.22. The molecule has 2 aromatic rings. The highest BCUT2D eigenvalue weighted by atomic mass is 16.5. The van der Waals surface area contributed by atoms with Crippen LogP contribution in [0.15, 0.2) is 30.6 Å². The topological polar surface area (TPSA) is 52.0 Å². The van der Waals surface area contributed by atoms with Gasteiger partial charge in [0.15, 0.2) is 0 Å². The van der Waals surface area contributed by atoms with Crippen LogP contribution in [0, 0.1) is 0 Å². The lowest BCUT2D eigenvalue weighted by atomic mass is 10.3. The summed E-state index contributed by atoms with van der Waals surface area (Å²) in [6.45, 7) is 7.48. The van der Waals surface area contributed by atoms with E-state index in [1.54, 1.807) is 6.33 Å². The molecule has 0 unspecified atom stereocenters. The summed E-state index contributed by atoms with van der Waals surface area (Å²) in [6, 6.07) is 8.23. The Bertz CT molecular complexity index is 522. The first kappa shape index (κ1) is 13.4. The molecule has 0 aliphatic heterocycles. The van der Waals surface area contributed by atoms with E-state index in [1.165, 1.54) is 0 Å². The van der Waals surface area contributed by atoms with E-state index in [-0.39, 0.29) is 0 Å². The van der Waals surface area contributed by atoms with Crippen LogP contribution in [0.2, 0.25) is 0 Å². The minimum atomic E-state index is 0.314. The fourth-order valence-corrected chi connectivity index (χ4v) is 1.88. The number of nitrogens with zero attached hydrogens (tertiary/aromatic N) is 3. The molecule has 0 saturated heterocycles. The average molecular weight is 260 g/mol. The first-order chi connectivity index (χ1) is 9.20. The van der Waals surface area contributed by atoms with E-state index in [0.29, 0.717) is 19.2 Å². The molecule has 0 amide bonds. The molecule has 5 heteroatoms. The Hall–Kier alpha value is -2.04. The fourth-order valence-electron chi connectivity index (χ4n) is 1.88. The SMILES string of the molecule is CCOc1cccc(NCc2ncnn2C(C)C)c1. The van der Waals surface area contributed by atoms with Crippen molar-refractivity contribution in [1.82, 2.24) is 14.8 Å². The van der Waals surface area contributed by atoms with Crippen LogP contribution in [0.4, 0.5) is 5.69 Å². The summed E-state index contributed by atoms with van der Waals surface area (Å²) in [5.74, 6) is 1.80. The van der Waals surface area contributed by atoms with Crippen LogP contribution >= 0.6 is 0 Å². The molecule has 2 rings (SSSR count). The van der Waals surface area contributed by atoms with Crippen molar-refractivity contribution < 1.29 is 4.74 Å². The molecule has 0 radical (unpaired) electrons. The zero-order valence-corrected chi connectivity index (χ0v) is 11.6. The van der Waals surface area contributed by atoms with Crippen molar-refractivity contribution in [2.45, 2.75) is 33.4 Å². The highest BCUT2D eigenvalue weighted by molar-refractivity contribution is 5.48. The number of hydrogen-bond acceptors (Lipinski definition) is 4. The Morgan fingerprint density at radius 3 is 2.95 bits per heavy atom. The molecule has 1 N–H and O–H groups in total. The van der Waals surface area contributed by atoms with Crippen LogP contribution < -0.4 is 10.1 Å². The molecule has 5 nitrogen and oxygen atoms in total. The summed E-state index contributed by atoms with van der Waals surface area (Å²) in [5.41, 5.74) is 1.02. The predicted molar refractivity (Wildman–Crippen MR) is 75.3 cm³/mol. The zero-order valence-electron chi connectivity index (χ0n) is 11.6. The van der Waals surface area contributed by atoms with Gasteiger partial charge in [-0.15, -0.1) is 0 Å². The molecule has 0 saturated carbocycles. The summed E-state index contributed by atoms with van der Waals surface area (Å²) < 4.78 is 7.39. The second-order valence-corrected chi connectivity index (χ2v) is 4.53. The smallest absolute Gasteiger partial charge is 0.146 e. The van der Waals surface area contributed by atoms with Crippen molar-refractivity contribution in [2.75, 3.05) is 11.9 Å². The van der Waals surface area contributed by atoms with Gasteiger partial charge < -0.3 is 10.1 Å². The Balaban J connectivity index is 2.02. The van der Waals surface area contributed by atoms with Gasteiger partial charge in [-0.3, -0.25) is 0 Å². The monoisotopic (exact) mass is 260 g/mol. The maximum absolute atomic E-state index is 5.47. The van der Waals surface area contributed by atoms with Crippen molar-refractivity contribution >= 4 is 5.69 Å². The minimum absolute atomic E-state index is 0.314. The zero-order chi connectivity index (χ0) is 13.7. The average Bonchev–Trinajstić information content (AvgIpc) is 2.86. The molecule has 0 aliphatic rings. The van der Waals surface area contributed by atoms with E-state index >= 15 is 0 Å². The molecule has 0 bridgehead atoms. The number of rotatable bonds is 6. The molecule has 0 atom stereocenters. The molecule has 102 valence electrons. The number of ether oxygens (including phenoxy) is 1. The molecular weight excluding hydrogens is 240 g/mol. The van der Waals surface area contributed by atoms with E-state index in [2.05, 4.69) is 29.2 Å². The third kappa shape index (κ3) is 3.47. The summed E-state index contributed by atoms with van der Waals surface area (Å²) in [5, 5.41) is 7.55. The van der Waals surface area contributed by atoms with E-state index in [9.17, 15) is 0 Å². The molecule has 1 aromatic carbocycles. The molecule has 1 aromatic heterocycles. The van der Waals surface area contributed by atoms with Crippen molar-refractivity contribution in [3.63, 3.8) is 0 Å². The minimum Gasteiger partial charge on any atom is -0.494 e. The number of benzene rings is 1. The lowest BCUT2D eigenvalue weighted by Gasteiger charge is -2.11. The van der Waals surface area contributed by atoms with Gasteiger partial charge in [0.2, 0.25) is 0 Å². The number of anilines is 1. The molecule has 0 aliphatic carbocycles. The third-order valence-corrected chi connectivity index (χ3v) is 2.73. The normalized spacial score (nSPS) is 10.7. The third-order valence-electron chi connectivity index (χ3n) is 2.73. The van der Waals surface area contributed by atoms with Gasteiger partial charge in [0.1, 0.15) is 17.9 Å².